The third kappa shape index (κ3) is 3.13. The number of carbonyl (C=O) groups is 1. The van der Waals surface area contributed by atoms with E-state index >= 15 is 0 Å². The van der Waals surface area contributed by atoms with Crippen molar-refractivity contribution in [1.29, 1.82) is 0 Å². The van der Waals surface area contributed by atoms with E-state index in [1.807, 2.05) is 0 Å². The van der Waals surface area contributed by atoms with E-state index in [0.717, 1.165) is 0 Å². The molecule has 0 aromatic heterocycles. The van der Waals surface area contributed by atoms with Crippen LogP contribution in [0.15, 0.2) is 12.1 Å². The van der Waals surface area contributed by atoms with E-state index in [2.05, 4.69) is 5.32 Å². The number of alkyl halides is 1. The summed E-state index contributed by atoms with van der Waals surface area (Å²) in [7, 11) is 0. The maximum atomic E-state index is 13.0. The maximum absolute atomic E-state index is 13.0. The molecule has 1 aromatic carbocycles. The average Bonchev–Trinajstić information content (AvgIpc) is 2.14. The first-order chi connectivity index (χ1) is 7.04. The first kappa shape index (κ1) is 11.8. The van der Waals surface area contributed by atoms with Gasteiger partial charge < -0.3 is 5.32 Å². The highest BCUT2D eigenvalue weighted by molar-refractivity contribution is 6.19. The fraction of sp³-hybridized carbons (Fsp3) is 0.222. The van der Waals surface area contributed by atoms with Gasteiger partial charge in [-0.25, -0.2) is 13.2 Å². The quantitative estimate of drug-likeness (QED) is 0.636. The Bertz CT molecular complexity index is 384. The van der Waals surface area contributed by atoms with Gasteiger partial charge in [0.25, 0.3) is 0 Å². The number of anilines is 1. The van der Waals surface area contributed by atoms with Crippen LogP contribution in [0.3, 0.4) is 0 Å². The Morgan fingerprint density at radius 1 is 1.20 bits per heavy atom. The number of hydrogen-bond donors (Lipinski definition) is 1. The van der Waals surface area contributed by atoms with Crippen LogP contribution in [0.1, 0.15) is 6.42 Å². The highest BCUT2D eigenvalue weighted by Crippen LogP contribution is 2.18. The Hall–Kier alpha value is -1.23. The van der Waals surface area contributed by atoms with Crippen LogP contribution in [0.4, 0.5) is 18.9 Å². The number of rotatable bonds is 3. The molecule has 1 aromatic rings. The summed E-state index contributed by atoms with van der Waals surface area (Å²) in [6, 6.07) is 0.947. The number of nitrogens with one attached hydrogen (secondary N) is 1. The van der Waals surface area contributed by atoms with Gasteiger partial charge in [0.15, 0.2) is 11.6 Å². The maximum Gasteiger partial charge on any atom is 0.225 e. The summed E-state index contributed by atoms with van der Waals surface area (Å²) >= 11 is 5.27. The van der Waals surface area contributed by atoms with Crippen molar-refractivity contribution in [3.8, 4) is 0 Å². The lowest BCUT2D eigenvalue weighted by molar-refractivity contribution is -0.115. The second-order valence-corrected chi connectivity index (χ2v) is 3.11. The van der Waals surface area contributed by atoms with Crippen LogP contribution in [0.2, 0.25) is 0 Å². The summed E-state index contributed by atoms with van der Waals surface area (Å²) in [5.74, 6) is -4.05. The molecule has 0 aliphatic heterocycles. The van der Waals surface area contributed by atoms with Gasteiger partial charge in [0, 0.05) is 24.4 Å². The largest absolute Gasteiger partial charge is 0.323 e. The molecule has 0 heterocycles. The van der Waals surface area contributed by atoms with Crippen molar-refractivity contribution >= 4 is 23.2 Å². The normalized spacial score (nSPS) is 10.1. The van der Waals surface area contributed by atoms with E-state index in [0.29, 0.717) is 12.1 Å². The summed E-state index contributed by atoms with van der Waals surface area (Å²) in [6.45, 7) is 0. The highest BCUT2D eigenvalue weighted by atomic mass is 35.5. The van der Waals surface area contributed by atoms with Crippen LogP contribution in [0, 0.1) is 17.5 Å². The van der Waals surface area contributed by atoms with Crippen LogP contribution >= 0.6 is 11.6 Å². The van der Waals surface area contributed by atoms with Crippen molar-refractivity contribution in [3.63, 3.8) is 0 Å². The molecule has 0 saturated heterocycles. The van der Waals surface area contributed by atoms with Gasteiger partial charge in [-0.3, -0.25) is 4.79 Å². The monoisotopic (exact) mass is 237 g/mol. The average molecular weight is 238 g/mol. The van der Waals surface area contributed by atoms with Gasteiger partial charge in [-0.2, -0.15) is 0 Å². The lowest BCUT2D eigenvalue weighted by Gasteiger charge is -2.05. The Balaban J connectivity index is 2.86. The predicted octanol–water partition coefficient (Wildman–Crippen LogP) is 2.67. The predicted molar refractivity (Wildman–Crippen MR) is 50.3 cm³/mol. The molecule has 0 fully saturated rings. The third-order valence-corrected chi connectivity index (χ3v) is 1.79. The smallest absolute Gasteiger partial charge is 0.225 e. The lowest BCUT2D eigenvalue weighted by atomic mass is 10.2. The minimum absolute atomic E-state index is 0.0278. The van der Waals surface area contributed by atoms with E-state index in [1.165, 1.54) is 0 Å². The van der Waals surface area contributed by atoms with Crippen molar-refractivity contribution in [2.24, 2.45) is 0 Å². The molecule has 0 aliphatic rings. The van der Waals surface area contributed by atoms with Crippen LogP contribution < -0.4 is 5.32 Å². The Labute approximate surface area is 89.0 Å². The van der Waals surface area contributed by atoms with Crippen LogP contribution in [0.5, 0.6) is 0 Å². The molecule has 0 spiro atoms. The van der Waals surface area contributed by atoms with Gasteiger partial charge in [-0.1, -0.05) is 0 Å². The SMILES string of the molecule is O=C(CCCl)Nc1cc(F)c(F)cc1F. The summed E-state index contributed by atoms with van der Waals surface area (Å²) in [5, 5.41) is 2.07. The summed E-state index contributed by atoms with van der Waals surface area (Å²) < 4.78 is 38.1. The summed E-state index contributed by atoms with van der Waals surface area (Å²) in [5.41, 5.74) is -0.399. The minimum Gasteiger partial charge on any atom is -0.323 e. The Morgan fingerprint density at radius 2 is 1.80 bits per heavy atom. The fourth-order valence-corrected chi connectivity index (χ4v) is 1.09. The van der Waals surface area contributed by atoms with Gasteiger partial charge in [-0.05, 0) is 0 Å². The molecule has 82 valence electrons. The Morgan fingerprint density at radius 3 is 2.40 bits per heavy atom. The zero-order chi connectivity index (χ0) is 11.4. The molecule has 6 heteroatoms. The van der Waals surface area contributed by atoms with Crippen molar-refractivity contribution in [3.05, 3.63) is 29.6 Å². The second kappa shape index (κ2) is 5.02. The standard InChI is InChI=1S/C9H7ClF3NO/c10-2-1-9(15)14-8-4-6(12)5(11)3-7(8)13/h3-4H,1-2H2,(H,14,15). The molecular weight excluding hydrogens is 231 g/mol. The third-order valence-electron chi connectivity index (χ3n) is 1.61. The molecule has 15 heavy (non-hydrogen) atoms. The van der Waals surface area contributed by atoms with E-state index in [4.69, 9.17) is 11.6 Å². The van der Waals surface area contributed by atoms with E-state index in [9.17, 15) is 18.0 Å². The van der Waals surface area contributed by atoms with Crippen molar-refractivity contribution in [2.45, 2.75) is 6.42 Å². The molecule has 2 nitrogen and oxygen atoms in total. The fourth-order valence-electron chi connectivity index (χ4n) is 0.917. The second-order valence-electron chi connectivity index (χ2n) is 2.73. The van der Waals surface area contributed by atoms with Crippen LogP contribution in [-0.2, 0) is 4.79 Å². The number of carbonyl (C=O) groups excluding carboxylic acids is 1. The zero-order valence-corrected chi connectivity index (χ0v) is 8.24. The molecule has 0 aliphatic carbocycles. The molecule has 1 N–H and O–H groups in total. The van der Waals surface area contributed by atoms with Crippen molar-refractivity contribution in [1.82, 2.24) is 0 Å². The van der Waals surface area contributed by atoms with Gasteiger partial charge >= 0.3 is 0 Å². The molecule has 1 rings (SSSR count). The minimum atomic E-state index is -1.30. The summed E-state index contributed by atoms with van der Waals surface area (Å²) in [6.07, 6.45) is -0.0278. The van der Waals surface area contributed by atoms with Gasteiger partial charge in [0.1, 0.15) is 5.82 Å². The van der Waals surface area contributed by atoms with Gasteiger partial charge in [0.2, 0.25) is 5.91 Å². The molecule has 0 unspecified atom stereocenters. The topological polar surface area (TPSA) is 29.1 Å². The van der Waals surface area contributed by atoms with E-state index < -0.39 is 29.0 Å². The van der Waals surface area contributed by atoms with E-state index in [1.54, 1.807) is 0 Å². The summed E-state index contributed by atoms with van der Waals surface area (Å²) in [4.78, 5) is 11.0. The van der Waals surface area contributed by atoms with E-state index in [-0.39, 0.29) is 12.3 Å². The van der Waals surface area contributed by atoms with Crippen molar-refractivity contribution < 1.29 is 18.0 Å². The zero-order valence-electron chi connectivity index (χ0n) is 7.49. The van der Waals surface area contributed by atoms with Crippen LogP contribution in [0.25, 0.3) is 0 Å². The molecule has 0 saturated carbocycles. The first-order valence-corrected chi connectivity index (χ1v) is 4.58. The Kier molecular flexibility index (Phi) is 3.96. The number of amides is 1. The highest BCUT2D eigenvalue weighted by Gasteiger charge is 2.11. The number of halogens is 4. The van der Waals surface area contributed by atoms with Gasteiger partial charge in [-0.15, -0.1) is 11.6 Å². The molecule has 0 atom stereocenters. The molecule has 1 amide bonds. The number of benzene rings is 1. The molecule has 0 bridgehead atoms. The molecular formula is C9H7ClF3NO. The van der Waals surface area contributed by atoms with Crippen LogP contribution in [-0.4, -0.2) is 11.8 Å². The number of hydrogen-bond acceptors (Lipinski definition) is 1. The van der Waals surface area contributed by atoms with Crippen molar-refractivity contribution in [2.75, 3.05) is 11.2 Å². The van der Waals surface area contributed by atoms with Gasteiger partial charge in [0.05, 0.1) is 5.69 Å². The first-order valence-electron chi connectivity index (χ1n) is 4.05. The lowest BCUT2D eigenvalue weighted by Crippen LogP contribution is -2.13. The molecule has 0 radical (unpaired) electrons.